The summed E-state index contributed by atoms with van der Waals surface area (Å²) in [4.78, 5) is 24.1. The van der Waals surface area contributed by atoms with Gasteiger partial charge in [0, 0.05) is 5.56 Å². The first-order chi connectivity index (χ1) is 17.4. The lowest BCUT2D eigenvalue weighted by Crippen LogP contribution is -2.19. The Morgan fingerprint density at radius 1 is 1.06 bits per heavy atom. The molecule has 0 spiro atoms. The minimum absolute atomic E-state index is 0.226. The summed E-state index contributed by atoms with van der Waals surface area (Å²) >= 11 is 0. The van der Waals surface area contributed by atoms with Crippen LogP contribution in [0.2, 0.25) is 0 Å². The lowest BCUT2D eigenvalue weighted by Gasteiger charge is -2.13. The molecule has 180 valence electrons. The van der Waals surface area contributed by atoms with Gasteiger partial charge in [0.2, 0.25) is 5.76 Å². The van der Waals surface area contributed by atoms with Gasteiger partial charge in [-0.05, 0) is 66.6 Å². The summed E-state index contributed by atoms with van der Waals surface area (Å²) in [6, 6.07) is 20.9. The fraction of sp³-hybridized carbons (Fsp3) is 0.207. The van der Waals surface area contributed by atoms with Crippen LogP contribution in [0.4, 0.5) is 10.5 Å². The first-order valence-corrected chi connectivity index (χ1v) is 11.6. The number of carbonyl (C=O) groups is 2. The molecule has 1 aliphatic carbocycles. The SMILES string of the molecule is Cc1noc(C#Cc2ccc3cc(C4(C(=O)O)CC4)ccc3c2)c1NC(=O)O[C@H](C)c1ccccc1. The van der Waals surface area contributed by atoms with Crippen molar-refractivity contribution in [3.8, 4) is 11.8 Å². The standard InChI is InChI=1S/C29H24N2O5/c1-18-26(30-28(34)35-19(2)21-6-4-3-5-7-21)25(36-31-18)13-9-20-8-10-23-17-24(12-11-22(23)16-20)29(14-15-29)27(32)33/h3-8,10-12,16-17,19H,14-15H2,1-2H3,(H,30,34)(H,32,33)/t19-/m1/s1. The highest BCUT2D eigenvalue weighted by Gasteiger charge is 2.51. The third kappa shape index (κ3) is 4.53. The number of nitrogens with one attached hydrogen (secondary N) is 1. The normalized spacial score (nSPS) is 14.4. The number of rotatable bonds is 5. The first-order valence-electron chi connectivity index (χ1n) is 11.6. The molecule has 1 aliphatic rings. The number of ether oxygens (including phenoxy) is 1. The Hall–Kier alpha value is -4.57. The van der Waals surface area contributed by atoms with Gasteiger partial charge in [-0.2, -0.15) is 0 Å². The van der Waals surface area contributed by atoms with Crippen LogP contribution in [-0.2, 0) is 14.9 Å². The summed E-state index contributed by atoms with van der Waals surface area (Å²) in [5.74, 6) is 5.45. The number of aryl methyl sites for hydroxylation is 1. The van der Waals surface area contributed by atoms with Crippen LogP contribution in [0.15, 0.2) is 71.3 Å². The zero-order valence-corrected chi connectivity index (χ0v) is 19.9. The van der Waals surface area contributed by atoms with Crippen molar-refractivity contribution >= 4 is 28.5 Å². The van der Waals surface area contributed by atoms with Crippen LogP contribution >= 0.6 is 0 Å². The van der Waals surface area contributed by atoms with Crippen molar-refractivity contribution < 1.29 is 24.0 Å². The number of carboxylic acid groups (broad SMARTS) is 1. The Morgan fingerprint density at radius 3 is 2.50 bits per heavy atom. The maximum atomic E-state index is 12.5. The number of nitrogens with zero attached hydrogens (tertiary/aromatic N) is 1. The quantitative estimate of drug-likeness (QED) is 0.342. The molecule has 0 unspecified atom stereocenters. The molecule has 0 aliphatic heterocycles. The second kappa shape index (κ2) is 9.23. The highest BCUT2D eigenvalue weighted by atomic mass is 16.6. The van der Waals surface area contributed by atoms with Crippen molar-refractivity contribution in [2.75, 3.05) is 5.32 Å². The second-order valence-corrected chi connectivity index (χ2v) is 8.97. The number of aliphatic carboxylic acids is 1. The number of benzene rings is 3. The van der Waals surface area contributed by atoms with Crippen LogP contribution in [-0.4, -0.2) is 22.3 Å². The molecule has 36 heavy (non-hydrogen) atoms. The highest BCUT2D eigenvalue weighted by Crippen LogP contribution is 2.48. The molecule has 1 saturated carbocycles. The topological polar surface area (TPSA) is 102 Å². The van der Waals surface area contributed by atoms with E-state index in [0.717, 1.165) is 27.5 Å². The monoisotopic (exact) mass is 480 g/mol. The van der Waals surface area contributed by atoms with E-state index in [4.69, 9.17) is 9.26 Å². The zero-order chi connectivity index (χ0) is 25.3. The smallest absolute Gasteiger partial charge is 0.412 e. The number of carbonyl (C=O) groups excluding carboxylic acids is 1. The summed E-state index contributed by atoms with van der Waals surface area (Å²) in [5.41, 5.74) is 2.58. The Bertz CT molecular complexity index is 1520. The number of fused-ring (bicyclic) bond motifs is 1. The van der Waals surface area contributed by atoms with E-state index in [1.165, 1.54) is 0 Å². The minimum atomic E-state index is -0.769. The number of amides is 1. The Balaban J connectivity index is 1.32. The van der Waals surface area contributed by atoms with E-state index in [9.17, 15) is 14.7 Å². The highest BCUT2D eigenvalue weighted by molar-refractivity contribution is 5.90. The molecule has 0 bridgehead atoms. The van der Waals surface area contributed by atoms with E-state index in [1.54, 1.807) is 13.8 Å². The zero-order valence-electron chi connectivity index (χ0n) is 19.9. The van der Waals surface area contributed by atoms with Crippen LogP contribution in [0, 0.1) is 18.8 Å². The maximum Gasteiger partial charge on any atom is 0.412 e. The van der Waals surface area contributed by atoms with Gasteiger partial charge < -0.3 is 14.4 Å². The van der Waals surface area contributed by atoms with Crippen molar-refractivity contribution in [3.05, 3.63) is 94.9 Å². The van der Waals surface area contributed by atoms with Crippen molar-refractivity contribution in [3.63, 3.8) is 0 Å². The fourth-order valence-corrected chi connectivity index (χ4v) is 4.19. The van der Waals surface area contributed by atoms with Gasteiger partial charge in [0.1, 0.15) is 17.5 Å². The van der Waals surface area contributed by atoms with Gasteiger partial charge in [-0.3, -0.25) is 10.1 Å². The summed E-state index contributed by atoms with van der Waals surface area (Å²) in [6.07, 6.45) is 0.285. The van der Waals surface area contributed by atoms with Crippen LogP contribution in [0.5, 0.6) is 0 Å². The van der Waals surface area contributed by atoms with Crippen molar-refractivity contribution in [1.29, 1.82) is 0 Å². The molecule has 0 radical (unpaired) electrons. The van der Waals surface area contributed by atoms with E-state index < -0.39 is 23.6 Å². The largest absolute Gasteiger partial charge is 0.481 e. The molecular formula is C29H24N2O5. The van der Waals surface area contributed by atoms with Gasteiger partial charge in [0.25, 0.3) is 0 Å². The van der Waals surface area contributed by atoms with Gasteiger partial charge >= 0.3 is 12.1 Å². The molecule has 7 nitrogen and oxygen atoms in total. The van der Waals surface area contributed by atoms with Crippen molar-refractivity contribution in [2.45, 2.75) is 38.2 Å². The van der Waals surface area contributed by atoms with Crippen LogP contribution in [0.25, 0.3) is 10.8 Å². The number of hydrogen-bond acceptors (Lipinski definition) is 5. The van der Waals surface area contributed by atoms with Gasteiger partial charge in [-0.1, -0.05) is 65.7 Å². The third-order valence-electron chi connectivity index (χ3n) is 6.52. The third-order valence-corrected chi connectivity index (χ3v) is 6.52. The van der Waals surface area contributed by atoms with E-state index >= 15 is 0 Å². The number of hydrogen-bond donors (Lipinski definition) is 2. The number of aromatic nitrogens is 1. The average molecular weight is 481 g/mol. The lowest BCUT2D eigenvalue weighted by atomic mass is 9.93. The van der Waals surface area contributed by atoms with E-state index in [1.807, 2.05) is 66.7 Å². The van der Waals surface area contributed by atoms with E-state index in [2.05, 4.69) is 22.3 Å². The molecule has 1 aromatic heterocycles. The number of anilines is 1. The molecule has 7 heteroatoms. The van der Waals surface area contributed by atoms with Gasteiger partial charge in [-0.25, -0.2) is 4.79 Å². The predicted molar refractivity (Wildman–Crippen MR) is 135 cm³/mol. The average Bonchev–Trinajstić information content (AvgIpc) is 3.63. The van der Waals surface area contributed by atoms with Gasteiger partial charge in [0.05, 0.1) is 5.41 Å². The summed E-state index contributed by atoms with van der Waals surface area (Å²) in [7, 11) is 0. The molecule has 3 aromatic carbocycles. The molecule has 2 N–H and O–H groups in total. The summed E-state index contributed by atoms with van der Waals surface area (Å²) in [5, 5.41) is 18.1. The maximum absolute atomic E-state index is 12.5. The van der Waals surface area contributed by atoms with Crippen LogP contribution in [0.1, 0.15) is 54.0 Å². The minimum Gasteiger partial charge on any atom is -0.481 e. The Morgan fingerprint density at radius 2 is 1.78 bits per heavy atom. The molecular weight excluding hydrogens is 456 g/mol. The van der Waals surface area contributed by atoms with Gasteiger partial charge in [0.15, 0.2) is 0 Å². The van der Waals surface area contributed by atoms with Crippen molar-refractivity contribution in [2.24, 2.45) is 0 Å². The molecule has 1 heterocycles. The predicted octanol–water partition coefficient (Wildman–Crippen LogP) is 5.96. The Labute approximate surface area is 208 Å². The van der Waals surface area contributed by atoms with Crippen molar-refractivity contribution in [1.82, 2.24) is 5.16 Å². The van der Waals surface area contributed by atoms with Crippen LogP contribution in [0.3, 0.4) is 0 Å². The number of carboxylic acids is 1. The van der Waals surface area contributed by atoms with Gasteiger partial charge in [-0.15, -0.1) is 0 Å². The molecule has 5 rings (SSSR count). The van der Waals surface area contributed by atoms with Crippen LogP contribution < -0.4 is 5.32 Å². The molecule has 1 fully saturated rings. The summed E-state index contributed by atoms with van der Waals surface area (Å²) in [6.45, 7) is 3.51. The molecule has 4 aromatic rings. The van der Waals surface area contributed by atoms with E-state index in [-0.39, 0.29) is 5.76 Å². The summed E-state index contributed by atoms with van der Waals surface area (Å²) < 4.78 is 10.8. The second-order valence-electron chi connectivity index (χ2n) is 8.97. The van der Waals surface area contributed by atoms with E-state index in [0.29, 0.717) is 24.2 Å². The molecule has 1 atom stereocenters. The lowest BCUT2D eigenvalue weighted by molar-refractivity contribution is -0.140. The molecule has 0 saturated heterocycles. The fourth-order valence-electron chi connectivity index (χ4n) is 4.19. The molecule has 1 amide bonds. The Kier molecular flexibility index (Phi) is 5.95. The first kappa shape index (κ1) is 23.2.